The van der Waals surface area contributed by atoms with Gasteiger partial charge in [-0.05, 0) is 12.5 Å². The number of hydrogen-bond acceptors (Lipinski definition) is 4. The van der Waals surface area contributed by atoms with Gasteiger partial charge in [0.25, 0.3) is 5.91 Å². The number of aromatic nitrogens is 2. The van der Waals surface area contributed by atoms with Crippen LogP contribution in [0.25, 0.3) is 0 Å². The zero-order valence-corrected chi connectivity index (χ0v) is 14.0. The third kappa shape index (κ3) is 4.01. The molecule has 1 unspecified atom stereocenters. The van der Waals surface area contributed by atoms with Gasteiger partial charge < -0.3 is 14.6 Å². The molecule has 1 saturated heterocycles. The molecule has 1 aliphatic rings. The zero-order valence-electron chi connectivity index (χ0n) is 14.0. The highest BCUT2D eigenvalue weighted by atomic mass is 16.3. The molecule has 0 aliphatic carbocycles. The summed E-state index contributed by atoms with van der Waals surface area (Å²) in [5, 5.41) is 9.40. The molecule has 6 nitrogen and oxygen atoms in total. The van der Waals surface area contributed by atoms with Gasteiger partial charge in [0.1, 0.15) is 11.9 Å². The molecule has 0 saturated carbocycles. The van der Waals surface area contributed by atoms with Gasteiger partial charge in [0.05, 0.1) is 6.54 Å². The zero-order chi connectivity index (χ0) is 16.9. The van der Waals surface area contributed by atoms with Crippen LogP contribution in [-0.2, 0) is 17.9 Å². The molecule has 6 heteroatoms. The highest BCUT2D eigenvalue weighted by Crippen LogP contribution is 2.11. The van der Waals surface area contributed by atoms with E-state index in [1.54, 1.807) is 4.90 Å². The fourth-order valence-corrected chi connectivity index (χ4v) is 3.01. The minimum absolute atomic E-state index is 0.180. The van der Waals surface area contributed by atoms with Gasteiger partial charge >= 0.3 is 0 Å². The van der Waals surface area contributed by atoms with Crippen LogP contribution in [0.5, 0.6) is 0 Å². The van der Waals surface area contributed by atoms with E-state index in [-0.39, 0.29) is 5.91 Å². The average molecular weight is 328 g/mol. The molecule has 1 aliphatic heterocycles. The number of aliphatic hydroxyl groups excluding tert-OH is 1. The van der Waals surface area contributed by atoms with E-state index in [2.05, 4.69) is 26.6 Å². The Morgan fingerprint density at radius 1 is 1.17 bits per heavy atom. The summed E-state index contributed by atoms with van der Waals surface area (Å²) in [6.45, 7) is 6.03. The minimum atomic E-state index is -0.915. The second-order valence-electron chi connectivity index (χ2n) is 6.23. The number of carbonyl (C=O) groups excluding carboxylic acids is 1. The predicted molar refractivity (Wildman–Crippen MR) is 91.3 cm³/mol. The Balaban J connectivity index is 1.56. The molecule has 1 fully saturated rings. The quantitative estimate of drug-likeness (QED) is 0.888. The molecule has 0 spiro atoms. The van der Waals surface area contributed by atoms with Gasteiger partial charge in [0.2, 0.25) is 0 Å². The summed E-state index contributed by atoms with van der Waals surface area (Å²) in [6, 6.07) is 10.3. The number of benzene rings is 1. The molecule has 1 aromatic heterocycles. The smallest absolute Gasteiger partial charge is 0.251 e. The summed E-state index contributed by atoms with van der Waals surface area (Å²) in [5.74, 6) is 0.856. The molecule has 3 rings (SSSR count). The van der Waals surface area contributed by atoms with Crippen molar-refractivity contribution in [1.29, 1.82) is 0 Å². The van der Waals surface area contributed by atoms with Crippen molar-refractivity contribution in [3.05, 3.63) is 54.1 Å². The predicted octanol–water partition coefficient (Wildman–Crippen LogP) is 0.956. The Morgan fingerprint density at radius 3 is 2.54 bits per heavy atom. The van der Waals surface area contributed by atoms with E-state index in [1.807, 2.05) is 30.6 Å². The van der Waals surface area contributed by atoms with Gasteiger partial charge in [0, 0.05) is 45.1 Å². The first-order valence-electron chi connectivity index (χ1n) is 8.36. The molecular formula is C18H24N4O2. The van der Waals surface area contributed by atoms with Crippen molar-refractivity contribution in [2.75, 3.05) is 26.2 Å². The largest absolute Gasteiger partial charge is 0.384 e. The van der Waals surface area contributed by atoms with E-state index in [0.29, 0.717) is 13.1 Å². The van der Waals surface area contributed by atoms with Crippen LogP contribution < -0.4 is 0 Å². The normalized spacial score (nSPS) is 17.0. The Bertz CT molecular complexity index is 661. The Hall–Kier alpha value is -2.18. The first-order chi connectivity index (χ1) is 11.6. The molecule has 0 radical (unpaired) electrons. The second kappa shape index (κ2) is 7.59. The van der Waals surface area contributed by atoms with Crippen LogP contribution in [0.2, 0.25) is 0 Å². The van der Waals surface area contributed by atoms with Crippen molar-refractivity contribution < 1.29 is 9.90 Å². The number of amides is 1. The monoisotopic (exact) mass is 328 g/mol. The van der Waals surface area contributed by atoms with Crippen molar-refractivity contribution in [1.82, 2.24) is 19.4 Å². The van der Waals surface area contributed by atoms with Crippen LogP contribution >= 0.6 is 0 Å². The molecule has 128 valence electrons. The number of nitrogens with zero attached hydrogens (tertiary/aromatic N) is 4. The van der Waals surface area contributed by atoms with Gasteiger partial charge in [-0.1, -0.05) is 30.3 Å². The highest BCUT2D eigenvalue weighted by molar-refractivity contribution is 5.80. The number of piperazine rings is 1. The number of carbonyl (C=O) groups is 1. The topological polar surface area (TPSA) is 61.6 Å². The molecule has 1 amide bonds. The van der Waals surface area contributed by atoms with Crippen molar-refractivity contribution >= 4 is 5.91 Å². The van der Waals surface area contributed by atoms with E-state index in [9.17, 15) is 9.90 Å². The van der Waals surface area contributed by atoms with Crippen LogP contribution in [0, 0.1) is 0 Å². The number of imidazole rings is 1. The van der Waals surface area contributed by atoms with Crippen molar-refractivity contribution in [2.24, 2.45) is 0 Å². The lowest BCUT2D eigenvalue weighted by atomic mass is 10.2. The van der Waals surface area contributed by atoms with Gasteiger partial charge in [-0.15, -0.1) is 0 Å². The maximum Gasteiger partial charge on any atom is 0.251 e. The first-order valence-corrected chi connectivity index (χ1v) is 8.36. The van der Waals surface area contributed by atoms with Gasteiger partial charge in [0.15, 0.2) is 0 Å². The lowest BCUT2D eigenvalue weighted by Gasteiger charge is -2.35. The summed E-state index contributed by atoms with van der Waals surface area (Å²) in [6.07, 6.45) is 2.93. The third-order valence-electron chi connectivity index (χ3n) is 4.40. The number of hydrogen-bond donors (Lipinski definition) is 1. The maximum absolute atomic E-state index is 11.8. The van der Waals surface area contributed by atoms with E-state index in [4.69, 9.17) is 0 Å². The van der Waals surface area contributed by atoms with Crippen molar-refractivity contribution in [2.45, 2.75) is 26.1 Å². The first kappa shape index (κ1) is 16.7. The summed E-state index contributed by atoms with van der Waals surface area (Å²) in [7, 11) is 0. The molecule has 24 heavy (non-hydrogen) atoms. The van der Waals surface area contributed by atoms with Gasteiger partial charge in [-0.25, -0.2) is 4.98 Å². The number of rotatable bonds is 5. The summed E-state index contributed by atoms with van der Waals surface area (Å²) < 4.78 is 2.17. The summed E-state index contributed by atoms with van der Waals surface area (Å²) >= 11 is 0. The van der Waals surface area contributed by atoms with E-state index >= 15 is 0 Å². The summed E-state index contributed by atoms with van der Waals surface area (Å²) in [4.78, 5) is 20.3. The molecular weight excluding hydrogens is 304 g/mol. The molecule has 2 heterocycles. The lowest BCUT2D eigenvalue weighted by Crippen LogP contribution is -2.50. The third-order valence-corrected chi connectivity index (χ3v) is 4.40. The van der Waals surface area contributed by atoms with Crippen LogP contribution in [-0.4, -0.2) is 62.6 Å². The maximum atomic E-state index is 11.8. The van der Waals surface area contributed by atoms with Crippen molar-refractivity contribution in [3.8, 4) is 0 Å². The molecule has 1 aromatic carbocycles. The Labute approximate surface area is 142 Å². The lowest BCUT2D eigenvalue weighted by molar-refractivity contribution is -0.141. The van der Waals surface area contributed by atoms with E-state index in [0.717, 1.165) is 32.0 Å². The van der Waals surface area contributed by atoms with Crippen LogP contribution in [0.1, 0.15) is 18.3 Å². The fourth-order valence-electron chi connectivity index (χ4n) is 3.01. The Morgan fingerprint density at radius 2 is 1.88 bits per heavy atom. The fraction of sp³-hybridized carbons (Fsp3) is 0.444. The van der Waals surface area contributed by atoms with Crippen molar-refractivity contribution in [3.63, 3.8) is 0 Å². The summed E-state index contributed by atoms with van der Waals surface area (Å²) in [5.41, 5.74) is 1.25. The molecule has 1 atom stereocenters. The average Bonchev–Trinajstić information content (AvgIpc) is 3.02. The van der Waals surface area contributed by atoms with Crippen LogP contribution in [0.3, 0.4) is 0 Å². The van der Waals surface area contributed by atoms with E-state index in [1.165, 1.54) is 12.5 Å². The van der Waals surface area contributed by atoms with Gasteiger partial charge in [-0.3, -0.25) is 9.69 Å². The minimum Gasteiger partial charge on any atom is -0.384 e. The number of aliphatic hydroxyl groups is 1. The van der Waals surface area contributed by atoms with Gasteiger partial charge in [-0.2, -0.15) is 0 Å². The van der Waals surface area contributed by atoms with Crippen LogP contribution in [0.4, 0.5) is 0 Å². The molecule has 2 aromatic rings. The second-order valence-corrected chi connectivity index (χ2v) is 6.23. The highest BCUT2D eigenvalue weighted by Gasteiger charge is 2.24. The standard InChI is InChI=1S/C18H24N4O2/c1-15(23)18(24)21-11-9-20(10-12-21)14-17-19-7-8-22(17)13-16-5-3-2-4-6-16/h2-8,15,23H,9-14H2,1H3. The molecule has 1 N–H and O–H groups in total. The molecule has 0 bridgehead atoms. The van der Waals surface area contributed by atoms with Crippen LogP contribution in [0.15, 0.2) is 42.7 Å². The van der Waals surface area contributed by atoms with E-state index < -0.39 is 6.10 Å². The SMILES string of the molecule is CC(O)C(=O)N1CCN(Cc2nccn2Cc2ccccc2)CC1. The Kier molecular flexibility index (Phi) is 5.27.